The lowest BCUT2D eigenvalue weighted by atomic mass is 10.3. The Morgan fingerprint density at radius 2 is 1.03 bits per heavy atom. The number of benzene rings is 2. The predicted molar refractivity (Wildman–Crippen MR) is 112 cm³/mol. The van der Waals surface area contributed by atoms with E-state index in [2.05, 4.69) is 17.5 Å². The molecule has 0 N–H and O–H groups in total. The Hall–Kier alpha value is -2.10. The van der Waals surface area contributed by atoms with Crippen molar-refractivity contribution in [2.45, 2.75) is 9.79 Å². The first-order valence-electron chi connectivity index (χ1n) is 8.82. The van der Waals surface area contributed by atoms with E-state index in [1.807, 2.05) is 0 Å². The van der Waals surface area contributed by atoms with Crippen LogP contribution < -0.4 is 0 Å². The minimum atomic E-state index is -3.82. The Kier molecular flexibility index (Phi) is 4.79. The molecule has 0 saturated carbocycles. The van der Waals surface area contributed by atoms with Gasteiger partial charge in [-0.3, -0.25) is 0 Å². The van der Waals surface area contributed by atoms with Gasteiger partial charge in [-0.25, -0.2) is 16.8 Å². The maximum absolute atomic E-state index is 13.1. The average molecular weight is 483 g/mol. The highest BCUT2D eigenvalue weighted by Gasteiger charge is 2.35. The van der Waals surface area contributed by atoms with Gasteiger partial charge in [-0.1, -0.05) is 12.1 Å². The second-order valence-corrected chi connectivity index (χ2v) is 11.5. The fourth-order valence-corrected chi connectivity index (χ4v) is 7.76. The number of aromatic nitrogens is 4. The van der Waals surface area contributed by atoms with Gasteiger partial charge in [0.2, 0.25) is 20.0 Å². The third-order valence-corrected chi connectivity index (χ3v) is 9.88. The maximum atomic E-state index is 13.1. The second-order valence-electron chi connectivity index (χ2n) is 6.58. The average Bonchev–Trinajstić information content (AvgIpc) is 3.42. The molecule has 0 atom stereocenters. The highest BCUT2D eigenvalue weighted by molar-refractivity contribution is 7.89. The summed E-state index contributed by atoms with van der Waals surface area (Å²) < 4.78 is 71.5. The normalized spacial score (nSPS) is 17.1. The Morgan fingerprint density at radius 1 is 0.633 bits per heavy atom. The van der Waals surface area contributed by atoms with Gasteiger partial charge in [0.25, 0.3) is 0 Å². The van der Waals surface area contributed by atoms with Crippen LogP contribution in [-0.4, -0.2) is 69.1 Å². The molecule has 1 aliphatic rings. The van der Waals surface area contributed by atoms with Gasteiger partial charge in [0.05, 0.1) is 23.5 Å². The summed E-state index contributed by atoms with van der Waals surface area (Å²) in [5.41, 5.74) is 1.71. The summed E-state index contributed by atoms with van der Waals surface area (Å²) in [5.74, 6) is 0. The van der Waals surface area contributed by atoms with E-state index < -0.39 is 20.0 Å². The van der Waals surface area contributed by atoms with Crippen molar-refractivity contribution in [2.24, 2.45) is 0 Å². The van der Waals surface area contributed by atoms with Crippen LogP contribution in [0.5, 0.6) is 0 Å². The van der Waals surface area contributed by atoms with Crippen molar-refractivity contribution in [1.82, 2.24) is 26.1 Å². The van der Waals surface area contributed by atoms with E-state index in [1.54, 1.807) is 24.3 Å². The van der Waals surface area contributed by atoms with Gasteiger partial charge < -0.3 is 0 Å². The molecule has 1 aliphatic heterocycles. The first-order valence-corrected chi connectivity index (χ1v) is 13.2. The smallest absolute Gasteiger partial charge is 0.207 e. The summed E-state index contributed by atoms with van der Waals surface area (Å²) in [6, 6.07) is 9.66. The minimum Gasteiger partial charge on any atom is -0.207 e. The number of hydrogen-bond donors (Lipinski definition) is 0. The van der Waals surface area contributed by atoms with Crippen LogP contribution in [0.15, 0.2) is 46.2 Å². The Bertz CT molecular complexity index is 1340. The summed E-state index contributed by atoms with van der Waals surface area (Å²) in [4.78, 5) is 0.173. The molecule has 0 unspecified atom stereocenters. The lowest BCUT2D eigenvalue weighted by Crippen LogP contribution is -2.50. The van der Waals surface area contributed by atoms with E-state index >= 15 is 0 Å². The second kappa shape index (κ2) is 7.25. The van der Waals surface area contributed by atoms with Gasteiger partial charge in [0, 0.05) is 26.2 Å². The van der Waals surface area contributed by atoms with Crippen LogP contribution in [0.2, 0.25) is 0 Å². The van der Waals surface area contributed by atoms with Crippen LogP contribution >= 0.6 is 23.5 Å². The van der Waals surface area contributed by atoms with E-state index in [0.717, 1.165) is 23.5 Å². The molecule has 0 bridgehead atoms. The molecule has 14 heteroatoms. The van der Waals surface area contributed by atoms with Crippen LogP contribution in [0.3, 0.4) is 0 Å². The minimum absolute atomic E-state index is 0.0425. The lowest BCUT2D eigenvalue weighted by molar-refractivity contribution is 0.273. The van der Waals surface area contributed by atoms with E-state index in [1.165, 1.54) is 20.7 Å². The van der Waals surface area contributed by atoms with Crippen LogP contribution in [-0.2, 0) is 20.0 Å². The molecule has 4 aromatic rings. The summed E-state index contributed by atoms with van der Waals surface area (Å²) in [6.45, 7) is 0.170. The molecule has 2 aromatic heterocycles. The Labute approximate surface area is 180 Å². The summed E-state index contributed by atoms with van der Waals surface area (Å²) in [5, 5.41) is 0. The molecule has 5 rings (SSSR count). The van der Waals surface area contributed by atoms with Crippen molar-refractivity contribution < 1.29 is 16.8 Å². The van der Waals surface area contributed by atoms with E-state index in [4.69, 9.17) is 0 Å². The fraction of sp³-hybridized carbons (Fsp3) is 0.250. The zero-order valence-corrected chi connectivity index (χ0v) is 18.5. The van der Waals surface area contributed by atoms with Crippen molar-refractivity contribution in [1.29, 1.82) is 0 Å². The largest absolute Gasteiger partial charge is 0.245 e. The monoisotopic (exact) mass is 482 g/mol. The topological polar surface area (TPSA) is 126 Å². The van der Waals surface area contributed by atoms with Crippen molar-refractivity contribution in [3.8, 4) is 0 Å². The standard InChI is InChI=1S/C16H14N6O4S4/c23-29(24,13-5-1-3-11-15(13)19-27-17-11)21-7-9-22(10-8-21)30(25,26)14-6-2-4-12-16(14)20-28-18-12/h1-6H,7-10H2. The van der Waals surface area contributed by atoms with Gasteiger partial charge in [0.15, 0.2) is 0 Å². The maximum Gasteiger partial charge on any atom is 0.245 e. The van der Waals surface area contributed by atoms with Crippen LogP contribution in [0.4, 0.5) is 0 Å². The molecule has 0 amide bonds. The molecule has 10 nitrogen and oxygen atoms in total. The van der Waals surface area contributed by atoms with E-state index in [9.17, 15) is 16.8 Å². The third kappa shape index (κ3) is 3.11. The van der Waals surface area contributed by atoms with Crippen LogP contribution in [0.25, 0.3) is 22.1 Å². The van der Waals surface area contributed by atoms with Gasteiger partial charge in [-0.05, 0) is 24.3 Å². The molecule has 30 heavy (non-hydrogen) atoms. The molecule has 156 valence electrons. The molecule has 2 aromatic carbocycles. The zero-order valence-electron chi connectivity index (χ0n) is 15.2. The SMILES string of the molecule is O=S(=O)(c1cccc2nsnc12)N1CCN(S(=O)(=O)c2cccc3nsnc23)CC1. The van der Waals surface area contributed by atoms with Gasteiger partial charge in [0.1, 0.15) is 31.9 Å². The van der Waals surface area contributed by atoms with Crippen molar-refractivity contribution in [3.05, 3.63) is 36.4 Å². The third-order valence-electron chi connectivity index (χ3n) is 4.93. The van der Waals surface area contributed by atoms with Crippen LogP contribution in [0, 0.1) is 0 Å². The molecule has 1 saturated heterocycles. The molecule has 0 aliphatic carbocycles. The quantitative estimate of drug-likeness (QED) is 0.427. The van der Waals surface area contributed by atoms with E-state index in [0.29, 0.717) is 22.1 Å². The lowest BCUT2D eigenvalue weighted by Gasteiger charge is -2.33. The van der Waals surface area contributed by atoms with Crippen LogP contribution in [0.1, 0.15) is 0 Å². The molecular weight excluding hydrogens is 468 g/mol. The number of rotatable bonds is 4. The summed E-state index contributed by atoms with van der Waals surface area (Å²) in [7, 11) is -7.64. The number of hydrogen-bond acceptors (Lipinski definition) is 10. The highest BCUT2D eigenvalue weighted by atomic mass is 32.2. The fourth-order valence-electron chi connectivity index (χ4n) is 3.41. The first kappa shape index (κ1) is 19.8. The molecule has 3 heterocycles. The van der Waals surface area contributed by atoms with Gasteiger partial charge >= 0.3 is 0 Å². The highest BCUT2D eigenvalue weighted by Crippen LogP contribution is 2.28. The summed E-state index contributed by atoms with van der Waals surface area (Å²) in [6.07, 6.45) is 0. The van der Waals surface area contributed by atoms with Gasteiger partial charge in [-0.2, -0.15) is 26.1 Å². The van der Waals surface area contributed by atoms with Gasteiger partial charge in [-0.15, -0.1) is 0 Å². The number of sulfonamides is 2. The zero-order chi connectivity index (χ0) is 20.9. The Balaban J connectivity index is 1.41. The number of fused-ring (bicyclic) bond motifs is 2. The molecule has 0 radical (unpaired) electrons. The molecular formula is C16H14N6O4S4. The predicted octanol–water partition coefficient (Wildman–Crippen LogP) is 1.39. The van der Waals surface area contributed by atoms with Crippen molar-refractivity contribution in [3.63, 3.8) is 0 Å². The number of piperazine rings is 1. The molecule has 0 spiro atoms. The van der Waals surface area contributed by atoms with E-state index in [-0.39, 0.29) is 36.0 Å². The van der Waals surface area contributed by atoms with Crippen molar-refractivity contribution in [2.75, 3.05) is 26.2 Å². The Morgan fingerprint density at radius 3 is 1.43 bits per heavy atom. The van der Waals surface area contributed by atoms with Crippen molar-refractivity contribution >= 4 is 65.6 Å². The summed E-state index contributed by atoms with van der Waals surface area (Å²) >= 11 is 1.90. The first-order chi connectivity index (χ1) is 14.4. The number of nitrogens with zero attached hydrogens (tertiary/aromatic N) is 6. The molecule has 1 fully saturated rings.